The average Bonchev–Trinajstić information content (AvgIpc) is 2.28. The van der Waals surface area contributed by atoms with Crippen LogP contribution >= 0.6 is 0 Å². The summed E-state index contributed by atoms with van der Waals surface area (Å²) in [5.41, 5.74) is 2.07. The lowest BCUT2D eigenvalue weighted by molar-refractivity contribution is -0.140. The number of aldehydes is 1. The van der Waals surface area contributed by atoms with E-state index < -0.39 is 0 Å². The molecule has 0 aliphatic carbocycles. The molecular weight excluding hydrogens is 192 g/mol. The molecule has 15 heavy (non-hydrogen) atoms. The van der Waals surface area contributed by atoms with E-state index in [1.165, 1.54) is 7.11 Å². The molecule has 0 amide bonds. The van der Waals surface area contributed by atoms with Crippen LogP contribution in [-0.4, -0.2) is 19.4 Å². The van der Waals surface area contributed by atoms with Crippen LogP contribution in [0.5, 0.6) is 0 Å². The number of hydrogen-bond acceptors (Lipinski definition) is 3. The molecule has 0 saturated heterocycles. The highest BCUT2D eigenvalue weighted by Crippen LogP contribution is 2.07. The molecule has 0 aliphatic rings. The predicted molar refractivity (Wildman–Crippen MR) is 56.5 cm³/mol. The zero-order chi connectivity index (χ0) is 11.1. The minimum atomic E-state index is -0.202. The first-order chi connectivity index (χ1) is 7.26. The Hall–Kier alpha value is -1.64. The Bertz CT molecular complexity index is 327. The molecule has 3 heteroatoms. The quantitative estimate of drug-likeness (QED) is 0.542. The van der Waals surface area contributed by atoms with Crippen LogP contribution < -0.4 is 0 Å². The van der Waals surface area contributed by atoms with E-state index in [4.69, 9.17) is 0 Å². The first-order valence-corrected chi connectivity index (χ1v) is 4.84. The highest BCUT2D eigenvalue weighted by molar-refractivity contribution is 5.69. The minimum absolute atomic E-state index is 0.202. The molecular formula is C12H14O3. The van der Waals surface area contributed by atoms with Crippen LogP contribution in [0.15, 0.2) is 24.3 Å². The largest absolute Gasteiger partial charge is 0.469 e. The minimum Gasteiger partial charge on any atom is -0.469 e. The van der Waals surface area contributed by atoms with Crippen molar-refractivity contribution in [3.63, 3.8) is 0 Å². The lowest BCUT2D eigenvalue weighted by Gasteiger charge is -2.01. The Morgan fingerprint density at radius 2 is 1.87 bits per heavy atom. The molecule has 0 unspecified atom stereocenters. The van der Waals surface area contributed by atoms with Crippen molar-refractivity contribution in [3.8, 4) is 0 Å². The molecule has 0 radical (unpaired) electrons. The fourth-order valence-corrected chi connectivity index (χ4v) is 1.29. The van der Waals surface area contributed by atoms with Gasteiger partial charge >= 0.3 is 5.97 Å². The summed E-state index contributed by atoms with van der Waals surface area (Å²) in [6.07, 6.45) is 2.39. The summed E-state index contributed by atoms with van der Waals surface area (Å²) in [6.45, 7) is 0. The molecule has 0 fully saturated rings. The Morgan fingerprint density at radius 3 is 2.40 bits per heavy atom. The summed E-state index contributed by atoms with van der Waals surface area (Å²) in [4.78, 5) is 21.1. The maximum Gasteiger partial charge on any atom is 0.305 e. The second kappa shape index (κ2) is 5.96. The monoisotopic (exact) mass is 206 g/mol. The van der Waals surface area contributed by atoms with Gasteiger partial charge in [-0.25, -0.2) is 0 Å². The standard InChI is InChI=1S/C12H14O3/c1-15-12(14)7-6-10-2-4-11(5-3-10)8-9-13/h2-5,9H,6-8H2,1H3. The van der Waals surface area contributed by atoms with Crippen LogP contribution in [0.4, 0.5) is 0 Å². The second-order valence-corrected chi connectivity index (χ2v) is 3.26. The van der Waals surface area contributed by atoms with E-state index >= 15 is 0 Å². The summed E-state index contributed by atoms with van der Waals surface area (Å²) < 4.78 is 4.55. The van der Waals surface area contributed by atoms with E-state index in [0.29, 0.717) is 19.3 Å². The Morgan fingerprint density at radius 1 is 1.27 bits per heavy atom. The normalized spacial score (nSPS) is 9.67. The molecule has 3 nitrogen and oxygen atoms in total. The molecule has 0 aromatic heterocycles. The summed E-state index contributed by atoms with van der Waals surface area (Å²) >= 11 is 0. The summed E-state index contributed by atoms with van der Waals surface area (Å²) in [7, 11) is 1.38. The van der Waals surface area contributed by atoms with Crippen LogP contribution in [0.25, 0.3) is 0 Å². The van der Waals surface area contributed by atoms with Gasteiger partial charge in [0.1, 0.15) is 6.29 Å². The van der Waals surface area contributed by atoms with E-state index in [-0.39, 0.29) is 5.97 Å². The van der Waals surface area contributed by atoms with Crippen molar-refractivity contribution in [2.75, 3.05) is 7.11 Å². The van der Waals surface area contributed by atoms with Crippen LogP contribution in [-0.2, 0) is 27.2 Å². The predicted octanol–water partition coefficient (Wildman–Crippen LogP) is 1.53. The Labute approximate surface area is 89.1 Å². The third-order valence-electron chi connectivity index (χ3n) is 2.19. The van der Waals surface area contributed by atoms with Gasteiger partial charge < -0.3 is 9.53 Å². The fraction of sp³-hybridized carbons (Fsp3) is 0.333. The van der Waals surface area contributed by atoms with Gasteiger partial charge in [-0.15, -0.1) is 0 Å². The highest BCUT2D eigenvalue weighted by atomic mass is 16.5. The first kappa shape index (κ1) is 11.4. The fourth-order valence-electron chi connectivity index (χ4n) is 1.29. The molecule has 0 aliphatic heterocycles. The molecule has 0 atom stereocenters. The zero-order valence-electron chi connectivity index (χ0n) is 8.73. The maximum absolute atomic E-state index is 10.9. The number of carbonyl (C=O) groups is 2. The summed E-state index contributed by atoms with van der Waals surface area (Å²) in [5.74, 6) is -0.202. The van der Waals surface area contributed by atoms with Crippen molar-refractivity contribution in [1.82, 2.24) is 0 Å². The molecule has 0 N–H and O–H groups in total. The van der Waals surface area contributed by atoms with E-state index in [1.54, 1.807) is 0 Å². The van der Waals surface area contributed by atoms with Crippen molar-refractivity contribution in [1.29, 1.82) is 0 Å². The van der Waals surface area contributed by atoms with Crippen LogP contribution in [0.2, 0.25) is 0 Å². The smallest absolute Gasteiger partial charge is 0.305 e. The Kier molecular flexibility index (Phi) is 4.54. The van der Waals surface area contributed by atoms with Crippen LogP contribution in [0.3, 0.4) is 0 Å². The molecule has 1 aromatic rings. The number of carbonyl (C=O) groups excluding carboxylic acids is 2. The molecule has 1 aromatic carbocycles. The van der Waals surface area contributed by atoms with Gasteiger partial charge in [-0.2, -0.15) is 0 Å². The summed E-state index contributed by atoms with van der Waals surface area (Å²) in [5, 5.41) is 0. The van der Waals surface area contributed by atoms with Crippen molar-refractivity contribution >= 4 is 12.3 Å². The van der Waals surface area contributed by atoms with Gasteiger partial charge in [0.15, 0.2) is 0 Å². The van der Waals surface area contributed by atoms with Gasteiger partial charge in [-0.3, -0.25) is 4.79 Å². The molecule has 0 heterocycles. The third kappa shape index (κ3) is 3.94. The lowest BCUT2D eigenvalue weighted by Crippen LogP contribution is -2.01. The topological polar surface area (TPSA) is 43.4 Å². The van der Waals surface area contributed by atoms with Crippen molar-refractivity contribution in [3.05, 3.63) is 35.4 Å². The number of benzene rings is 1. The van der Waals surface area contributed by atoms with E-state index in [2.05, 4.69) is 4.74 Å². The van der Waals surface area contributed by atoms with Crippen molar-refractivity contribution < 1.29 is 14.3 Å². The highest BCUT2D eigenvalue weighted by Gasteiger charge is 2.01. The third-order valence-corrected chi connectivity index (χ3v) is 2.19. The summed E-state index contributed by atoms with van der Waals surface area (Å²) in [6, 6.07) is 7.67. The van der Waals surface area contributed by atoms with Gasteiger partial charge in [-0.1, -0.05) is 24.3 Å². The van der Waals surface area contributed by atoms with E-state index in [1.807, 2.05) is 24.3 Å². The van der Waals surface area contributed by atoms with Gasteiger partial charge in [-0.05, 0) is 17.5 Å². The first-order valence-electron chi connectivity index (χ1n) is 4.84. The number of aryl methyl sites for hydroxylation is 1. The SMILES string of the molecule is COC(=O)CCc1ccc(CC=O)cc1. The van der Waals surface area contributed by atoms with E-state index in [9.17, 15) is 9.59 Å². The average molecular weight is 206 g/mol. The zero-order valence-corrected chi connectivity index (χ0v) is 8.73. The maximum atomic E-state index is 10.9. The van der Waals surface area contributed by atoms with Gasteiger partial charge in [0.25, 0.3) is 0 Å². The molecule has 0 spiro atoms. The van der Waals surface area contributed by atoms with Crippen LogP contribution in [0, 0.1) is 0 Å². The molecule has 1 rings (SSSR count). The number of methoxy groups -OCH3 is 1. The van der Waals surface area contributed by atoms with Gasteiger partial charge in [0.05, 0.1) is 7.11 Å². The number of hydrogen-bond donors (Lipinski definition) is 0. The number of ether oxygens (including phenoxy) is 1. The molecule has 80 valence electrons. The van der Waals surface area contributed by atoms with Gasteiger partial charge in [0.2, 0.25) is 0 Å². The molecule has 0 bridgehead atoms. The number of rotatable bonds is 5. The second-order valence-electron chi connectivity index (χ2n) is 3.26. The van der Waals surface area contributed by atoms with Crippen molar-refractivity contribution in [2.24, 2.45) is 0 Å². The van der Waals surface area contributed by atoms with Crippen molar-refractivity contribution in [2.45, 2.75) is 19.3 Å². The molecule has 0 saturated carbocycles. The van der Waals surface area contributed by atoms with Crippen LogP contribution in [0.1, 0.15) is 17.5 Å². The Balaban J connectivity index is 2.49. The number of esters is 1. The van der Waals surface area contributed by atoms with Gasteiger partial charge in [0, 0.05) is 12.8 Å². The lowest BCUT2D eigenvalue weighted by atomic mass is 10.1. The van der Waals surface area contributed by atoms with E-state index in [0.717, 1.165) is 17.4 Å².